The van der Waals surface area contributed by atoms with Crippen LogP contribution in [0.1, 0.15) is 15.9 Å². The first-order valence-corrected chi connectivity index (χ1v) is 7.44. The number of aliphatic carboxylic acids is 1. The maximum atomic E-state index is 11.9. The predicted octanol–water partition coefficient (Wildman–Crippen LogP) is 3.22. The van der Waals surface area contributed by atoms with Gasteiger partial charge in [-0.05, 0) is 35.9 Å². The van der Waals surface area contributed by atoms with Crippen LogP contribution in [0.3, 0.4) is 0 Å². The summed E-state index contributed by atoms with van der Waals surface area (Å²) in [4.78, 5) is 22.4. The molecule has 0 heterocycles. The molecule has 0 atom stereocenters. The van der Waals surface area contributed by atoms with Crippen LogP contribution in [0.5, 0.6) is 5.75 Å². The van der Waals surface area contributed by atoms with Crippen LogP contribution in [0.4, 0.5) is 0 Å². The average molecular weight is 367 g/mol. The lowest BCUT2D eigenvalue weighted by Crippen LogP contribution is -2.17. The summed E-state index contributed by atoms with van der Waals surface area (Å²) in [6.45, 7) is -0.436. The summed E-state index contributed by atoms with van der Waals surface area (Å²) in [6.07, 6.45) is 1.41. The molecular formula is C16H12Cl2N2O4. The Morgan fingerprint density at radius 3 is 2.67 bits per heavy atom. The van der Waals surface area contributed by atoms with Gasteiger partial charge in [-0.15, -0.1) is 0 Å². The molecule has 24 heavy (non-hydrogen) atoms. The number of hydrogen-bond acceptors (Lipinski definition) is 4. The lowest BCUT2D eigenvalue weighted by atomic mass is 10.2. The molecule has 124 valence electrons. The molecule has 2 aromatic carbocycles. The number of amides is 1. The molecule has 1 amide bonds. The van der Waals surface area contributed by atoms with Crippen LogP contribution in [-0.2, 0) is 4.79 Å². The Morgan fingerprint density at radius 2 is 1.96 bits per heavy atom. The highest BCUT2D eigenvalue weighted by Gasteiger charge is 2.07. The molecule has 0 aliphatic rings. The van der Waals surface area contributed by atoms with Crippen molar-refractivity contribution >= 4 is 41.3 Å². The molecule has 8 heteroatoms. The standard InChI is InChI=1S/C16H12Cl2N2O4/c17-13-5-4-11(7-14(13)18)16(23)20-19-8-10-2-1-3-12(6-10)24-9-15(21)22/h1-8H,9H2,(H,20,23)(H,21,22)/b19-8-. The monoisotopic (exact) mass is 366 g/mol. The second kappa shape index (κ2) is 8.33. The highest BCUT2D eigenvalue weighted by atomic mass is 35.5. The second-order valence-electron chi connectivity index (χ2n) is 4.58. The SMILES string of the molecule is O=C(O)COc1cccc(/C=N\NC(=O)c2ccc(Cl)c(Cl)c2)c1. The van der Waals surface area contributed by atoms with Crippen LogP contribution in [0.25, 0.3) is 0 Å². The molecule has 0 aliphatic carbocycles. The smallest absolute Gasteiger partial charge is 0.341 e. The van der Waals surface area contributed by atoms with E-state index in [1.807, 2.05) is 0 Å². The van der Waals surface area contributed by atoms with Crippen LogP contribution >= 0.6 is 23.2 Å². The van der Waals surface area contributed by atoms with Crippen LogP contribution in [0.15, 0.2) is 47.6 Å². The number of carbonyl (C=O) groups excluding carboxylic acids is 1. The lowest BCUT2D eigenvalue weighted by Gasteiger charge is -2.04. The summed E-state index contributed by atoms with van der Waals surface area (Å²) in [7, 11) is 0. The number of nitrogens with one attached hydrogen (secondary N) is 1. The number of hydrogen-bond donors (Lipinski definition) is 2. The van der Waals surface area contributed by atoms with Gasteiger partial charge in [0.1, 0.15) is 5.75 Å². The van der Waals surface area contributed by atoms with Gasteiger partial charge in [-0.2, -0.15) is 5.10 Å². The predicted molar refractivity (Wildman–Crippen MR) is 91.1 cm³/mol. The van der Waals surface area contributed by atoms with Crippen LogP contribution < -0.4 is 10.2 Å². The van der Waals surface area contributed by atoms with Crippen molar-refractivity contribution in [2.45, 2.75) is 0 Å². The Hall–Kier alpha value is -2.57. The number of ether oxygens (including phenoxy) is 1. The van der Waals surface area contributed by atoms with Crippen molar-refractivity contribution < 1.29 is 19.4 Å². The van der Waals surface area contributed by atoms with Gasteiger partial charge < -0.3 is 9.84 Å². The molecule has 0 saturated heterocycles. The van der Waals surface area contributed by atoms with Gasteiger partial charge in [0.15, 0.2) is 6.61 Å². The fraction of sp³-hybridized carbons (Fsp3) is 0.0625. The number of benzene rings is 2. The molecule has 0 spiro atoms. The summed E-state index contributed by atoms with van der Waals surface area (Å²) in [5, 5.41) is 13.0. The third-order valence-corrected chi connectivity index (χ3v) is 3.52. The zero-order valence-electron chi connectivity index (χ0n) is 12.2. The molecular weight excluding hydrogens is 355 g/mol. The Bertz CT molecular complexity index is 793. The van der Waals surface area contributed by atoms with Gasteiger partial charge in [-0.1, -0.05) is 35.3 Å². The highest BCUT2D eigenvalue weighted by molar-refractivity contribution is 6.42. The molecule has 0 bridgehead atoms. The highest BCUT2D eigenvalue weighted by Crippen LogP contribution is 2.22. The van der Waals surface area contributed by atoms with Crippen molar-refractivity contribution in [1.29, 1.82) is 0 Å². The van der Waals surface area contributed by atoms with Gasteiger partial charge in [0.05, 0.1) is 16.3 Å². The van der Waals surface area contributed by atoms with Gasteiger partial charge in [0, 0.05) is 5.56 Å². The van der Waals surface area contributed by atoms with Crippen molar-refractivity contribution in [1.82, 2.24) is 5.43 Å². The van der Waals surface area contributed by atoms with E-state index in [0.717, 1.165) is 0 Å². The van der Waals surface area contributed by atoms with Crippen molar-refractivity contribution in [3.63, 3.8) is 0 Å². The first-order valence-electron chi connectivity index (χ1n) is 6.69. The van der Waals surface area contributed by atoms with Crippen molar-refractivity contribution in [2.75, 3.05) is 6.61 Å². The van der Waals surface area contributed by atoms with Gasteiger partial charge in [-0.3, -0.25) is 4.79 Å². The third kappa shape index (κ3) is 5.26. The summed E-state index contributed by atoms with van der Waals surface area (Å²) in [6, 6.07) is 11.1. The van der Waals surface area contributed by atoms with Gasteiger partial charge in [-0.25, -0.2) is 10.2 Å². The summed E-state index contributed by atoms with van der Waals surface area (Å²) in [5.41, 5.74) is 3.31. The maximum absolute atomic E-state index is 11.9. The fourth-order valence-corrected chi connectivity index (χ4v) is 2.00. The van der Waals surface area contributed by atoms with E-state index in [4.69, 9.17) is 33.0 Å². The number of hydrazone groups is 1. The lowest BCUT2D eigenvalue weighted by molar-refractivity contribution is -0.139. The van der Waals surface area contributed by atoms with E-state index in [1.165, 1.54) is 24.4 Å². The van der Waals surface area contributed by atoms with E-state index < -0.39 is 18.5 Å². The van der Waals surface area contributed by atoms with E-state index in [1.54, 1.807) is 24.3 Å². The van der Waals surface area contributed by atoms with Crippen LogP contribution in [-0.4, -0.2) is 29.8 Å². The Balaban J connectivity index is 1.98. The largest absolute Gasteiger partial charge is 0.482 e. The molecule has 0 saturated carbocycles. The Labute approximate surface area is 147 Å². The molecule has 0 aromatic heterocycles. The van der Waals surface area contributed by atoms with Gasteiger partial charge in [0.2, 0.25) is 0 Å². The molecule has 2 N–H and O–H groups in total. The zero-order valence-corrected chi connectivity index (χ0v) is 13.7. The normalized spacial score (nSPS) is 10.6. The van der Waals surface area contributed by atoms with Crippen molar-refractivity contribution in [3.05, 3.63) is 63.6 Å². The van der Waals surface area contributed by atoms with Crippen molar-refractivity contribution in [3.8, 4) is 5.75 Å². The topological polar surface area (TPSA) is 88.0 Å². The van der Waals surface area contributed by atoms with E-state index in [2.05, 4.69) is 10.5 Å². The third-order valence-electron chi connectivity index (χ3n) is 2.78. The maximum Gasteiger partial charge on any atom is 0.341 e. The van der Waals surface area contributed by atoms with E-state index >= 15 is 0 Å². The van der Waals surface area contributed by atoms with Crippen LogP contribution in [0, 0.1) is 0 Å². The fourth-order valence-electron chi connectivity index (χ4n) is 1.70. The summed E-state index contributed by atoms with van der Waals surface area (Å²) in [5.74, 6) is -1.12. The molecule has 0 unspecified atom stereocenters. The number of rotatable bonds is 6. The summed E-state index contributed by atoms with van der Waals surface area (Å²) < 4.78 is 5.05. The van der Waals surface area contributed by atoms with Gasteiger partial charge in [0.25, 0.3) is 5.91 Å². The van der Waals surface area contributed by atoms with E-state index in [9.17, 15) is 9.59 Å². The zero-order chi connectivity index (χ0) is 17.5. The minimum atomic E-state index is -1.07. The second-order valence-corrected chi connectivity index (χ2v) is 5.40. The number of carboxylic acids is 1. The first kappa shape index (κ1) is 17.8. The Morgan fingerprint density at radius 1 is 1.17 bits per heavy atom. The number of halogens is 2. The average Bonchev–Trinajstić information content (AvgIpc) is 2.56. The quantitative estimate of drug-likeness (QED) is 0.606. The molecule has 6 nitrogen and oxygen atoms in total. The molecule has 0 radical (unpaired) electrons. The molecule has 0 fully saturated rings. The first-order chi connectivity index (χ1) is 11.5. The molecule has 0 aliphatic heterocycles. The minimum Gasteiger partial charge on any atom is -0.482 e. The van der Waals surface area contributed by atoms with Gasteiger partial charge >= 0.3 is 5.97 Å². The van der Waals surface area contributed by atoms with Crippen LogP contribution in [0.2, 0.25) is 10.0 Å². The molecule has 2 aromatic rings. The number of carboxylic acid groups (broad SMARTS) is 1. The number of carbonyl (C=O) groups is 2. The molecule has 2 rings (SSSR count). The summed E-state index contributed by atoms with van der Waals surface area (Å²) >= 11 is 11.6. The van der Waals surface area contributed by atoms with E-state index in [-0.39, 0.29) is 5.02 Å². The van der Waals surface area contributed by atoms with E-state index in [0.29, 0.717) is 21.9 Å². The number of nitrogens with zero attached hydrogens (tertiary/aromatic N) is 1. The Kier molecular flexibility index (Phi) is 6.17. The minimum absolute atomic E-state index is 0.275. The van der Waals surface area contributed by atoms with Crippen molar-refractivity contribution in [2.24, 2.45) is 5.10 Å².